The minimum Gasteiger partial charge on any atom is -0.383 e. The highest BCUT2D eigenvalue weighted by atomic mass is 127. The molecule has 0 spiro atoms. The fourth-order valence-corrected chi connectivity index (χ4v) is 5.20. The number of aliphatic hydroxyl groups is 1. The van der Waals surface area contributed by atoms with Crippen LogP contribution in [-0.2, 0) is 20.2 Å². The van der Waals surface area contributed by atoms with E-state index in [2.05, 4.69) is 20.9 Å². The van der Waals surface area contributed by atoms with Gasteiger partial charge in [0.2, 0.25) is 5.91 Å². The number of nitrogens with one attached hydrogen (secondary N) is 3. The van der Waals surface area contributed by atoms with Crippen LogP contribution in [0.3, 0.4) is 0 Å². The fraction of sp³-hybridized carbons (Fsp3) is 0.647. The van der Waals surface area contributed by atoms with Gasteiger partial charge in [-0.2, -0.15) is 11.3 Å². The lowest BCUT2D eigenvalue weighted by atomic mass is 10.00. The average molecular weight is 544 g/mol. The number of nitrogens with zero attached hydrogens (tertiary/aromatic N) is 1. The Balaban J connectivity index is 0.00000392. The molecule has 2 heterocycles. The Labute approximate surface area is 187 Å². The number of thiophene rings is 1. The van der Waals surface area contributed by atoms with Gasteiger partial charge in [0.25, 0.3) is 0 Å². The predicted molar refractivity (Wildman–Crippen MR) is 123 cm³/mol. The van der Waals surface area contributed by atoms with Gasteiger partial charge in [-0.05, 0) is 42.7 Å². The van der Waals surface area contributed by atoms with Crippen molar-refractivity contribution in [3.63, 3.8) is 0 Å². The van der Waals surface area contributed by atoms with Crippen LogP contribution in [0.4, 0.5) is 0 Å². The molecule has 8 nitrogen and oxygen atoms in total. The molecule has 1 aliphatic rings. The molecule has 160 valence electrons. The first kappa shape index (κ1) is 25.1. The van der Waals surface area contributed by atoms with E-state index in [-0.39, 0.29) is 60.4 Å². The molecule has 4 N–H and O–H groups in total. The number of halogens is 1. The van der Waals surface area contributed by atoms with Crippen LogP contribution >= 0.6 is 35.3 Å². The number of aliphatic imine (C=N–C) groups is 1. The first-order valence-corrected chi connectivity index (χ1v) is 11.8. The third-order valence-electron chi connectivity index (χ3n) is 4.27. The molecule has 1 fully saturated rings. The maximum Gasteiger partial charge on any atom is 0.222 e. The van der Waals surface area contributed by atoms with Gasteiger partial charge in [-0.15, -0.1) is 24.0 Å². The molecule has 1 saturated heterocycles. The molecule has 2 atom stereocenters. The molecule has 2 rings (SSSR count). The van der Waals surface area contributed by atoms with Gasteiger partial charge in [0.05, 0.1) is 18.1 Å². The zero-order chi connectivity index (χ0) is 19.9. The summed E-state index contributed by atoms with van der Waals surface area (Å²) < 4.78 is 22.9. The summed E-state index contributed by atoms with van der Waals surface area (Å²) in [7, 11) is -3.00. The molecular formula is C17H29IN4O4S2. The minimum atomic E-state index is -3.00. The number of guanidine groups is 1. The number of carbonyl (C=O) groups is 1. The summed E-state index contributed by atoms with van der Waals surface area (Å²) in [6.45, 7) is 4.84. The molecule has 0 saturated carbocycles. The molecule has 0 aromatic carbocycles. The summed E-state index contributed by atoms with van der Waals surface area (Å²) in [6, 6.07) is 1.58. The standard InChI is InChI=1S/C17H28N4O4S2.HI/c1-3-18-16(20-12-17(2,23)13-5-8-26-10-13)19-7-4-15(22)21-14-6-9-27(24,25)11-14;/h5,8,10,14,23H,3-4,6-7,9,11-12H2,1-2H3,(H,21,22)(H2,18,19,20);1H. The highest BCUT2D eigenvalue weighted by molar-refractivity contribution is 14.0. The Hall–Kier alpha value is -0.920. The van der Waals surface area contributed by atoms with Crippen molar-refractivity contribution < 1.29 is 18.3 Å². The van der Waals surface area contributed by atoms with Crippen molar-refractivity contribution in [2.45, 2.75) is 38.3 Å². The van der Waals surface area contributed by atoms with Crippen molar-refractivity contribution in [2.24, 2.45) is 4.99 Å². The van der Waals surface area contributed by atoms with Crippen molar-refractivity contribution in [3.8, 4) is 0 Å². The lowest BCUT2D eigenvalue weighted by Crippen LogP contribution is -2.41. The van der Waals surface area contributed by atoms with Gasteiger partial charge in [0, 0.05) is 25.6 Å². The van der Waals surface area contributed by atoms with Crippen LogP contribution < -0.4 is 16.0 Å². The van der Waals surface area contributed by atoms with E-state index in [1.807, 2.05) is 23.8 Å². The molecule has 2 unspecified atom stereocenters. The second-order valence-corrected chi connectivity index (χ2v) is 9.83. The van der Waals surface area contributed by atoms with Crippen molar-refractivity contribution in [2.75, 3.05) is 31.1 Å². The van der Waals surface area contributed by atoms with Crippen molar-refractivity contribution >= 4 is 57.0 Å². The number of amides is 1. The van der Waals surface area contributed by atoms with E-state index in [0.29, 0.717) is 25.5 Å². The topological polar surface area (TPSA) is 120 Å². The Kier molecular flexibility index (Phi) is 10.1. The van der Waals surface area contributed by atoms with Crippen molar-refractivity contribution in [1.82, 2.24) is 16.0 Å². The number of hydrogen-bond acceptors (Lipinski definition) is 6. The molecule has 0 radical (unpaired) electrons. The summed E-state index contributed by atoms with van der Waals surface area (Å²) in [5.74, 6) is 0.487. The van der Waals surface area contributed by atoms with E-state index in [4.69, 9.17) is 0 Å². The second kappa shape index (κ2) is 11.3. The van der Waals surface area contributed by atoms with E-state index in [1.165, 1.54) is 11.3 Å². The normalized spacial score (nSPS) is 20.7. The molecule has 1 amide bonds. The van der Waals surface area contributed by atoms with E-state index in [1.54, 1.807) is 6.92 Å². The summed E-state index contributed by atoms with van der Waals surface area (Å²) in [4.78, 5) is 16.4. The Bertz CT molecular complexity index is 751. The lowest BCUT2D eigenvalue weighted by Gasteiger charge is -2.21. The second-order valence-electron chi connectivity index (χ2n) is 6.83. The summed E-state index contributed by atoms with van der Waals surface area (Å²) in [6.07, 6.45) is 0.686. The van der Waals surface area contributed by atoms with Crippen molar-refractivity contribution in [3.05, 3.63) is 22.4 Å². The first-order chi connectivity index (χ1) is 12.7. The molecule has 1 aromatic rings. The molecular weight excluding hydrogens is 515 g/mol. The number of sulfone groups is 1. The summed E-state index contributed by atoms with van der Waals surface area (Å²) in [5, 5.41) is 23.2. The van der Waals surface area contributed by atoms with E-state index < -0.39 is 15.4 Å². The number of rotatable bonds is 8. The SMILES string of the molecule is CCNC(=NCC(C)(O)c1ccsc1)NCCC(=O)NC1CCS(=O)(=O)C1.I. The van der Waals surface area contributed by atoms with Crippen LogP contribution in [-0.4, -0.2) is 62.6 Å². The Morgan fingerprint density at radius 2 is 2.18 bits per heavy atom. The molecule has 0 aliphatic carbocycles. The van der Waals surface area contributed by atoms with E-state index in [9.17, 15) is 18.3 Å². The number of carbonyl (C=O) groups excluding carboxylic acids is 1. The van der Waals surface area contributed by atoms with Crippen LogP contribution in [0, 0.1) is 0 Å². The molecule has 1 aliphatic heterocycles. The first-order valence-electron chi connectivity index (χ1n) is 8.99. The summed E-state index contributed by atoms with van der Waals surface area (Å²) in [5.41, 5.74) is -0.244. The van der Waals surface area contributed by atoms with Crippen LogP contribution in [0.2, 0.25) is 0 Å². The largest absolute Gasteiger partial charge is 0.383 e. The van der Waals surface area contributed by atoms with Gasteiger partial charge < -0.3 is 21.1 Å². The molecule has 1 aromatic heterocycles. The van der Waals surface area contributed by atoms with Crippen molar-refractivity contribution in [1.29, 1.82) is 0 Å². The van der Waals surface area contributed by atoms with E-state index >= 15 is 0 Å². The third kappa shape index (κ3) is 8.21. The monoisotopic (exact) mass is 544 g/mol. The minimum absolute atomic E-state index is 0. The van der Waals surface area contributed by atoms with Gasteiger partial charge in [-0.3, -0.25) is 4.79 Å². The van der Waals surface area contributed by atoms with E-state index in [0.717, 1.165) is 5.56 Å². The number of hydrogen-bond donors (Lipinski definition) is 4. The van der Waals surface area contributed by atoms with Crippen LogP contribution in [0.15, 0.2) is 21.8 Å². The fourth-order valence-electron chi connectivity index (χ4n) is 2.74. The smallest absolute Gasteiger partial charge is 0.222 e. The van der Waals surface area contributed by atoms with Gasteiger partial charge in [0.1, 0.15) is 5.60 Å². The Morgan fingerprint density at radius 3 is 2.75 bits per heavy atom. The zero-order valence-corrected chi connectivity index (χ0v) is 20.1. The van der Waals surface area contributed by atoms with Gasteiger partial charge in [-0.1, -0.05) is 0 Å². The van der Waals surface area contributed by atoms with Gasteiger partial charge >= 0.3 is 0 Å². The average Bonchev–Trinajstić information content (AvgIpc) is 3.23. The third-order valence-corrected chi connectivity index (χ3v) is 6.73. The Morgan fingerprint density at radius 1 is 1.43 bits per heavy atom. The predicted octanol–water partition coefficient (Wildman–Crippen LogP) is 0.822. The molecule has 28 heavy (non-hydrogen) atoms. The molecule has 11 heteroatoms. The van der Waals surface area contributed by atoms with Crippen LogP contribution in [0.1, 0.15) is 32.3 Å². The van der Waals surface area contributed by atoms with Gasteiger partial charge in [0.15, 0.2) is 15.8 Å². The van der Waals surface area contributed by atoms with Crippen LogP contribution in [0.5, 0.6) is 0 Å². The quantitative estimate of drug-likeness (QED) is 0.219. The molecule has 0 bridgehead atoms. The summed E-state index contributed by atoms with van der Waals surface area (Å²) >= 11 is 1.52. The highest BCUT2D eigenvalue weighted by Crippen LogP contribution is 2.23. The van der Waals surface area contributed by atoms with Gasteiger partial charge in [-0.25, -0.2) is 13.4 Å². The highest BCUT2D eigenvalue weighted by Gasteiger charge is 2.28. The maximum absolute atomic E-state index is 12.0. The zero-order valence-electron chi connectivity index (χ0n) is 16.1. The lowest BCUT2D eigenvalue weighted by molar-refractivity contribution is -0.121. The van der Waals surface area contributed by atoms with Crippen LogP contribution in [0.25, 0.3) is 0 Å². The maximum atomic E-state index is 12.0.